The number of likely N-dealkylation sites (tertiary alicyclic amines) is 1. The van der Waals surface area contributed by atoms with Crippen LogP contribution >= 0.6 is 11.6 Å². The van der Waals surface area contributed by atoms with E-state index >= 15 is 0 Å². The zero-order valence-electron chi connectivity index (χ0n) is 16.0. The second kappa shape index (κ2) is 8.19. The number of aryl methyl sites for hydroxylation is 1. The quantitative estimate of drug-likeness (QED) is 0.808. The van der Waals surface area contributed by atoms with Crippen molar-refractivity contribution in [3.05, 3.63) is 45.1 Å². The molecule has 7 nitrogen and oxygen atoms in total. The van der Waals surface area contributed by atoms with E-state index in [0.717, 1.165) is 17.3 Å². The molecule has 1 fully saturated rings. The number of benzene rings is 1. The molecule has 0 bridgehead atoms. The molecule has 1 aliphatic rings. The molecule has 11 heteroatoms. The van der Waals surface area contributed by atoms with Gasteiger partial charge in [0.15, 0.2) is 0 Å². The van der Waals surface area contributed by atoms with Gasteiger partial charge in [0.25, 0.3) is 0 Å². The van der Waals surface area contributed by atoms with Crippen molar-refractivity contribution in [2.75, 3.05) is 25.0 Å². The molecule has 3 rings (SSSR count). The first-order chi connectivity index (χ1) is 13.6. The van der Waals surface area contributed by atoms with Crippen LogP contribution in [-0.4, -0.2) is 44.8 Å². The Morgan fingerprint density at radius 3 is 2.52 bits per heavy atom. The van der Waals surface area contributed by atoms with Crippen molar-refractivity contribution in [3.63, 3.8) is 0 Å². The average Bonchev–Trinajstić information content (AvgIpc) is 2.94. The van der Waals surface area contributed by atoms with E-state index < -0.39 is 23.7 Å². The van der Waals surface area contributed by atoms with Gasteiger partial charge in [0.05, 0.1) is 12.6 Å². The highest BCUT2D eigenvalue weighted by atomic mass is 35.5. The number of hydrogen-bond acceptors (Lipinski definition) is 4. The normalized spacial score (nSPS) is 16.2. The van der Waals surface area contributed by atoms with Crippen LogP contribution in [0.25, 0.3) is 0 Å². The summed E-state index contributed by atoms with van der Waals surface area (Å²) in [6.45, 7) is 2.94. The Balaban J connectivity index is 1.57. The van der Waals surface area contributed by atoms with Gasteiger partial charge in [-0.05, 0) is 37.5 Å². The molecule has 2 aromatic rings. The maximum atomic E-state index is 12.9. The third-order valence-corrected chi connectivity index (χ3v) is 5.39. The third-order valence-electron chi connectivity index (χ3n) is 4.98. The Labute approximate surface area is 170 Å². The predicted molar refractivity (Wildman–Crippen MR) is 102 cm³/mol. The van der Waals surface area contributed by atoms with E-state index in [9.17, 15) is 22.8 Å². The van der Waals surface area contributed by atoms with Crippen LogP contribution in [0.3, 0.4) is 0 Å². The molecule has 0 radical (unpaired) electrons. The van der Waals surface area contributed by atoms with Crippen molar-refractivity contribution < 1.29 is 18.0 Å². The van der Waals surface area contributed by atoms with Gasteiger partial charge >= 0.3 is 11.9 Å². The highest BCUT2D eigenvalue weighted by Gasteiger charge is 2.39. The highest BCUT2D eigenvalue weighted by Crippen LogP contribution is 2.28. The fraction of sp³-hybridized carbons (Fsp3) is 0.500. The first-order valence-electron chi connectivity index (χ1n) is 9.07. The van der Waals surface area contributed by atoms with Crippen LogP contribution in [0.4, 0.5) is 18.9 Å². The minimum Gasteiger partial charge on any atom is -0.325 e. The maximum Gasteiger partial charge on any atom is 0.451 e. The number of rotatable bonds is 4. The average molecular weight is 432 g/mol. The van der Waals surface area contributed by atoms with E-state index in [0.29, 0.717) is 41.2 Å². The van der Waals surface area contributed by atoms with Crippen molar-refractivity contribution in [3.8, 4) is 0 Å². The van der Waals surface area contributed by atoms with E-state index in [1.54, 1.807) is 12.1 Å². The number of anilines is 1. The summed E-state index contributed by atoms with van der Waals surface area (Å²) >= 11 is 6.05. The van der Waals surface area contributed by atoms with Crippen LogP contribution in [0, 0.1) is 6.92 Å². The summed E-state index contributed by atoms with van der Waals surface area (Å²) in [4.78, 5) is 26.3. The molecule has 0 aliphatic carbocycles. The Morgan fingerprint density at radius 1 is 1.31 bits per heavy atom. The minimum absolute atomic E-state index is 0.142. The largest absolute Gasteiger partial charge is 0.451 e. The lowest BCUT2D eigenvalue weighted by atomic mass is 10.1. The number of aromatic nitrogens is 3. The van der Waals surface area contributed by atoms with Gasteiger partial charge in [0.1, 0.15) is 0 Å². The molecule has 0 saturated carbocycles. The van der Waals surface area contributed by atoms with Crippen LogP contribution in [0.1, 0.15) is 30.3 Å². The first-order valence-corrected chi connectivity index (χ1v) is 9.45. The number of carbonyl (C=O) groups is 1. The molecule has 2 heterocycles. The lowest BCUT2D eigenvalue weighted by Crippen LogP contribution is -2.41. The summed E-state index contributed by atoms with van der Waals surface area (Å²) < 4.78 is 40.3. The molecule has 0 unspecified atom stereocenters. The summed E-state index contributed by atoms with van der Waals surface area (Å²) in [7, 11) is 1.06. The SMILES string of the molecule is Cc1ccc(NC(=O)CN2CCC(n3nc(C(F)(F)F)n(C)c3=O)CC2)cc1Cl. The Kier molecular flexibility index (Phi) is 6.04. The Morgan fingerprint density at radius 2 is 1.97 bits per heavy atom. The van der Waals surface area contributed by atoms with E-state index in [-0.39, 0.29) is 12.5 Å². The van der Waals surface area contributed by atoms with E-state index in [4.69, 9.17) is 11.6 Å². The maximum absolute atomic E-state index is 12.9. The summed E-state index contributed by atoms with van der Waals surface area (Å²) in [6, 6.07) is 4.81. The molecule has 1 aliphatic heterocycles. The summed E-state index contributed by atoms with van der Waals surface area (Å²) in [6.07, 6.45) is -3.83. The third kappa shape index (κ3) is 4.81. The fourth-order valence-corrected chi connectivity index (χ4v) is 3.52. The van der Waals surface area contributed by atoms with E-state index in [2.05, 4.69) is 10.4 Å². The van der Waals surface area contributed by atoms with E-state index in [1.165, 1.54) is 0 Å². The second-order valence-electron chi connectivity index (χ2n) is 7.13. The van der Waals surface area contributed by atoms with Crippen molar-refractivity contribution in [1.82, 2.24) is 19.2 Å². The van der Waals surface area contributed by atoms with Crippen molar-refractivity contribution in [2.24, 2.45) is 7.05 Å². The first kappa shape index (κ1) is 21.4. The molecular formula is C18H21ClF3N5O2. The van der Waals surface area contributed by atoms with Gasteiger partial charge in [0, 0.05) is 30.8 Å². The van der Waals surface area contributed by atoms with Gasteiger partial charge < -0.3 is 5.32 Å². The number of amides is 1. The van der Waals surface area contributed by atoms with Gasteiger partial charge in [-0.25, -0.2) is 9.48 Å². The lowest BCUT2D eigenvalue weighted by Gasteiger charge is -2.31. The summed E-state index contributed by atoms with van der Waals surface area (Å²) in [5.74, 6) is -1.42. The second-order valence-corrected chi connectivity index (χ2v) is 7.53. The summed E-state index contributed by atoms with van der Waals surface area (Å²) in [5.41, 5.74) is 0.718. The van der Waals surface area contributed by atoms with E-state index in [1.807, 2.05) is 17.9 Å². The van der Waals surface area contributed by atoms with Crippen LogP contribution in [0.15, 0.2) is 23.0 Å². The number of piperidine rings is 1. The standard InChI is InChI=1S/C18H21ClF3N5O2/c1-11-3-4-12(9-14(11)19)23-15(28)10-26-7-5-13(6-8-26)27-17(29)25(2)16(24-27)18(20,21)22/h3-4,9,13H,5-8,10H2,1-2H3,(H,23,28). The minimum atomic E-state index is -4.68. The molecular weight excluding hydrogens is 411 g/mol. The molecule has 1 saturated heterocycles. The predicted octanol–water partition coefficient (Wildman–Crippen LogP) is 2.84. The number of carbonyl (C=O) groups excluding carboxylic acids is 1. The van der Waals surface area contributed by atoms with Gasteiger partial charge in [-0.1, -0.05) is 17.7 Å². The van der Waals surface area contributed by atoms with Crippen LogP contribution < -0.4 is 11.0 Å². The molecule has 1 N–H and O–H groups in total. The zero-order valence-corrected chi connectivity index (χ0v) is 16.7. The fourth-order valence-electron chi connectivity index (χ4n) is 3.34. The summed E-state index contributed by atoms with van der Waals surface area (Å²) in [5, 5.41) is 6.83. The monoisotopic (exact) mass is 431 g/mol. The van der Waals surface area contributed by atoms with Crippen molar-refractivity contribution in [2.45, 2.75) is 32.0 Å². The Bertz CT molecular complexity index is 961. The topological polar surface area (TPSA) is 72.2 Å². The number of nitrogens with zero attached hydrogens (tertiary/aromatic N) is 4. The van der Waals surface area contributed by atoms with Gasteiger partial charge in [-0.3, -0.25) is 14.3 Å². The smallest absolute Gasteiger partial charge is 0.325 e. The zero-order chi connectivity index (χ0) is 21.3. The van der Waals surface area contributed by atoms with Gasteiger partial charge in [-0.2, -0.15) is 13.2 Å². The van der Waals surface area contributed by atoms with Crippen LogP contribution in [0.2, 0.25) is 5.02 Å². The molecule has 1 aromatic heterocycles. The Hall–Kier alpha value is -2.33. The number of hydrogen-bond donors (Lipinski definition) is 1. The number of nitrogens with one attached hydrogen (secondary N) is 1. The number of halogens is 4. The number of alkyl halides is 3. The molecule has 1 aromatic carbocycles. The molecule has 0 spiro atoms. The van der Waals surface area contributed by atoms with Crippen LogP contribution in [0.5, 0.6) is 0 Å². The lowest BCUT2D eigenvalue weighted by molar-refractivity contribution is -0.147. The van der Waals surface area contributed by atoms with Gasteiger partial charge in [0.2, 0.25) is 11.7 Å². The molecule has 0 atom stereocenters. The highest BCUT2D eigenvalue weighted by molar-refractivity contribution is 6.31. The molecule has 1 amide bonds. The van der Waals surface area contributed by atoms with Gasteiger partial charge in [-0.15, -0.1) is 5.10 Å². The molecule has 29 heavy (non-hydrogen) atoms. The van der Waals surface area contributed by atoms with Crippen molar-refractivity contribution in [1.29, 1.82) is 0 Å². The van der Waals surface area contributed by atoms with Crippen molar-refractivity contribution >= 4 is 23.2 Å². The van der Waals surface area contributed by atoms with Crippen LogP contribution in [-0.2, 0) is 18.0 Å². The molecule has 158 valence electrons.